The topological polar surface area (TPSA) is 29.5 Å². The standard InChI is InChI=1S/C14H16F3NO2/c1-18(13(19)12-3-2-8-20-12)9-10-4-6-11(7-5-10)14(15,16)17/h4-7,12H,2-3,8-9H2,1H3/t12-/m0/s1. The van der Waals surface area contributed by atoms with E-state index in [0.29, 0.717) is 18.6 Å². The predicted molar refractivity (Wildman–Crippen MR) is 66.9 cm³/mol. The summed E-state index contributed by atoms with van der Waals surface area (Å²) in [6.07, 6.45) is -3.17. The quantitative estimate of drug-likeness (QED) is 0.855. The van der Waals surface area contributed by atoms with Gasteiger partial charge in [0.25, 0.3) is 5.91 Å². The molecule has 110 valence electrons. The maximum absolute atomic E-state index is 12.4. The van der Waals surface area contributed by atoms with Gasteiger partial charge in [-0.05, 0) is 30.5 Å². The molecule has 1 saturated heterocycles. The van der Waals surface area contributed by atoms with E-state index in [2.05, 4.69) is 0 Å². The highest BCUT2D eigenvalue weighted by molar-refractivity contribution is 5.80. The fourth-order valence-corrected chi connectivity index (χ4v) is 2.17. The summed E-state index contributed by atoms with van der Waals surface area (Å²) < 4.78 is 42.6. The molecule has 0 saturated carbocycles. The Morgan fingerprint density at radius 3 is 2.50 bits per heavy atom. The number of likely N-dealkylation sites (N-methyl/N-ethyl adjacent to an activating group) is 1. The van der Waals surface area contributed by atoms with Gasteiger partial charge in [0.1, 0.15) is 6.10 Å². The molecule has 1 aromatic carbocycles. The second-order valence-electron chi connectivity index (χ2n) is 4.89. The van der Waals surface area contributed by atoms with Crippen molar-refractivity contribution in [2.45, 2.75) is 31.7 Å². The molecule has 20 heavy (non-hydrogen) atoms. The van der Waals surface area contributed by atoms with E-state index in [0.717, 1.165) is 18.6 Å². The number of benzene rings is 1. The van der Waals surface area contributed by atoms with Crippen LogP contribution in [0.25, 0.3) is 0 Å². The number of alkyl halides is 3. The van der Waals surface area contributed by atoms with Gasteiger partial charge in [-0.2, -0.15) is 13.2 Å². The molecule has 0 aromatic heterocycles. The molecule has 2 rings (SSSR count). The molecule has 0 bridgehead atoms. The molecule has 6 heteroatoms. The molecular formula is C14H16F3NO2. The third-order valence-electron chi connectivity index (χ3n) is 3.28. The fourth-order valence-electron chi connectivity index (χ4n) is 2.17. The molecule has 1 aliphatic rings. The van der Waals surface area contributed by atoms with Crippen molar-refractivity contribution in [1.29, 1.82) is 0 Å². The molecule has 1 atom stereocenters. The molecule has 0 aliphatic carbocycles. The van der Waals surface area contributed by atoms with Gasteiger partial charge in [0.2, 0.25) is 0 Å². The number of carbonyl (C=O) groups is 1. The Morgan fingerprint density at radius 1 is 1.35 bits per heavy atom. The summed E-state index contributed by atoms with van der Waals surface area (Å²) in [6.45, 7) is 0.862. The third-order valence-corrected chi connectivity index (χ3v) is 3.28. The zero-order valence-corrected chi connectivity index (χ0v) is 11.1. The second-order valence-corrected chi connectivity index (χ2v) is 4.89. The first-order valence-corrected chi connectivity index (χ1v) is 6.40. The normalized spacial score (nSPS) is 19.1. The summed E-state index contributed by atoms with van der Waals surface area (Å²) in [4.78, 5) is 13.5. The van der Waals surface area contributed by atoms with Crippen LogP contribution in [-0.4, -0.2) is 30.6 Å². The highest BCUT2D eigenvalue weighted by Crippen LogP contribution is 2.29. The lowest BCUT2D eigenvalue weighted by Crippen LogP contribution is -2.35. The summed E-state index contributed by atoms with van der Waals surface area (Å²) in [7, 11) is 1.63. The minimum Gasteiger partial charge on any atom is -0.368 e. The Balaban J connectivity index is 1.97. The number of rotatable bonds is 3. The maximum Gasteiger partial charge on any atom is 0.416 e. The van der Waals surface area contributed by atoms with Crippen LogP contribution >= 0.6 is 0 Å². The van der Waals surface area contributed by atoms with Crippen LogP contribution in [0.2, 0.25) is 0 Å². The van der Waals surface area contributed by atoms with Crippen LogP contribution in [-0.2, 0) is 22.3 Å². The number of ether oxygens (including phenoxy) is 1. The van der Waals surface area contributed by atoms with E-state index in [1.165, 1.54) is 17.0 Å². The van der Waals surface area contributed by atoms with E-state index in [1.807, 2.05) is 0 Å². The Kier molecular flexibility index (Phi) is 4.32. The monoisotopic (exact) mass is 287 g/mol. The first-order valence-electron chi connectivity index (χ1n) is 6.40. The lowest BCUT2D eigenvalue weighted by molar-refractivity contribution is -0.140. The van der Waals surface area contributed by atoms with E-state index in [-0.39, 0.29) is 12.5 Å². The minimum atomic E-state index is -4.34. The number of hydrogen-bond donors (Lipinski definition) is 0. The summed E-state index contributed by atoms with van der Waals surface area (Å²) in [5, 5.41) is 0. The van der Waals surface area contributed by atoms with Gasteiger partial charge in [0.05, 0.1) is 5.56 Å². The van der Waals surface area contributed by atoms with Crippen LogP contribution in [0.3, 0.4) is 0 Å². The van der Waals surface area contributed by atoms with Crippen LogP contribution in [0.5, 0.6) is 0 Å². The van der Waals surface area contributed by atoms with Crippen molar-refractivity contribution in [3.8, 4) is 0 Å². The summed E-state index contributed by atoms with van der Waals surface area (Å²) in [5.74, 6) is -0.123. The number of amides is 1. The Labute approximate surface area is 115 Å². The average molecular weight is 287 g/mol. The van der Waals surface area contributed by atoms with Crippen molar-refractivity contribution in [3.63, 3.8) is 0 Å². The minimum absolute atomic E-state index is 0.123. The van der Waals surface area contributed by atoms with Crippen LogP contribution in [0.4, 0.5) is 13.2 Å². The third kappa shape index (κ3) is 3.50. The van der Waals surface area contributed by atoms with Crippen LogP contribution in [0.1, 0.15) is 24.0 Å². The zero-order valence-electron chi connectivity index (χ0n) is 11.1. The zero-order chi connectivity index (χ0) is 14.8. The predicted octanol–water partition coefficient (Wildman–Crippen LogP) is 2.84. The van der Waals surface area contributed by atoms with Crippen LogP contribution in [0, 0.1) is 0 Å². The molecule has 0 spiro atoms. The summed E-state index contributed by atoms with van der Waals surface area (Å²) in [6, 6.07) is 4.84. The number of halogens is 3. The number of nitrogens with zero attached hydrogens (tertiary/aromatic N) is 1. The first kappa shape index (κ1) is 14.8. The molecule has 1 amide bonds. The number of hydrogen-bond acceptors (Lipinski definition) is 2. The molecule has 1 heterocycles. The van der Waals surface area contributed by atoms with Gasteiger partial charge in [-0.25, -0.2) is 0 Å². The lowest BCUT2D eigenvalue weighted by Gasteiger charge is -2.20. The Morgan fingerprint density at radius 2 is 2.00 bits per heavy atom. The van der Waals surface area contributed by atoms with Crippen LogP contribution < -0.4 is 0 Å². The molecule has 0 radical (unpaired) electrons. The molecule has 3 nitrogen and oxygen atoms in total. The van der Waals surface area contributed by atoms with Crippen molar-refractivity contribution < 1.29 is 22.7 Å². The second kappa shape index (κ2) is 5.83. The first-order chi connectivity index (χ1) is 9.38. The van der Waals surface area contributed by atoms with Gasteiger partial charge in [0, 0.05) is 20.2 Å². The van der Waals surface area contributed by atoms with E-state index in [4.69, 9.17) is 4.74 Å². The molecule has 0 N–H and O–H groups in total. The molecular weight excluding hydrogens is 271 g/mol. The number of carbonyl (C=O) groups excluding carboxylic acids is 1. The van der Waals surface area contributed by atoms with Gasteiger partial charge >= 0.3 is 6.18 Å². The lowest BCUT2D eigenvalue weighted by atomic mass is 10.1. The van der Waals surface area contributed by atoms with E-state index in [9.17, 15) is 18.0 Å². The van der Waals surface area contributed by atoms with Crippen molar-refractivity contribution in [2.75, 3.05) is 13.7 Å². The van der Waals surface area contributed by atoms with Gasteiger partial charge in [0.15, 0.2) is 0 Å². The average Bonchev–Trinajstić information content (AvgIpc) is 2.91. The van der Waals surface area contributed by atoms with Crippen molar-refractivity contribution in [2.24, 2.45) is 0 Å². The van der Waals surface area contributed by atoms with Gasteiger partial charge in [-0.1, -0.05) is 12.1 Å². The van der Waals surface area contributed by atoms with Gasteiger partial charge in [-0.15, -0.1) is 0 Å². The van der Waals surface area contributed by atoms with Crippen molar-refractivity contribution in [1.82, 2.24) is 4.90 Å². The van der Waals surface area contributed by atoms with Gasteiger partial charge in [-0.3, -0.25) is 4.79 Å². The molecule has 0 unspecified atom stereocenters. The highest BCUT2D eigenvalue weighted by Gasteiger charge is 2.30. The molecule has 1 aliphatic heterocycles. The molecule has 1 aromatic rings. The molecule has 1 fully saturated rings. The fraction of sp³-hybridized carbons (Fsp3) is 0.500. The largest absolute Gasteiger partial charge is 0.416 e. The Hall–Kier alpha value is -1.56. The van der Waals surface area contributed by atoms with Crippen molar-refractivity contribution >= 4 is 5.91 Å². The van der Waals surface area contributed by atoms with E-state index in [1.54, 1.807) is 7.05 Å². The SMILES string of the molecule is CN(Cc1ccc(C(F)(F)F)cc1)C(=O)[C@@H]1CCCO1. The van der Waals surface area contributed by atoms with Gasteiger partial charge < -0.3 is 9.64 Å². The smallest absolute Gasteiger partial charge is 0.368 e. The summed E-state index contributed by atoms with van der Waals surface area (Å²) >= 11 is 0. The van der Waals surface area contributed by atoms with Crippen LogP contribution in [0.15, 0.2) is 24.3 Å². The van der Waals surface area contributed by atoms with E-state index >= 15 is 0 Å². The maximum atomic E-state index is 12.4. The van der Waals surface area contributed by atoms with E-state index < -0.39 is 17.8 Å². The summed E-state index contributed by atoms with van der Waals surface area (Å²) in [5.41, 5.74) is -0.0267. The Bertz CT molecular complexity index is 464. The van der Waals surface area contributed by atoms with Crippen molar-refractivity contribution in [3.05, 3.63) is 35.4 Å². The highest BCUT2D eigenvalue weighted by atomic mass is 19.4.